The summed E-state index contributed by atoms with van der Waals surface area (Å²) >= 11 is 0. The smallest absolute Gasteiger partial charge is 0.251 e. The zero-order chi connectivity index (χ0) is 8.04. The highest BCUT2D eigenvalue weighted by atomic mass is 19.3. The molecular weight excluding hydrogens is 138 g/mol. The van der Waals surface area contributed by atoms with Gasteiger partial charge in [-0.3, -0.25) is 0 Å². The Bertz CT molecular complexity index is 102. The number of aliphatic hydroxyl groups is 1. The van der Waals surface area contributed by atoms with E-state index in [9.17, 15) is 8.78 Å². The Kier molecular flexibility index (Phi) is 4.19. The fraction of sp³-hybridized carbons (Fsp3) is 0.714. The monoisotopic (exact) mass is 150 g/mol. The lowest BCUT2D eigenvalue weighted by molar-refractivity contribution is -0.00986. The van der Waals surface area contributed by atoms with Crippen LogP contribution >= 0.6 is 0 Å². The molecule has 1 N–H and O–H groups in total. The number of rotatable bonds is 5. The Balaban J connectivity index is 3.51. The van der Waals surface area contributed by atoms with Gasteiger partial charge in [0.1, 0.15) is 0 Å². The third-order valence-electron chi connectivity index (χ3n) is 1.14. The van der Waals surface area contributed by atoms with Crippen molar-refractivity contribution in [2.24, 2.45) is 0 Å². The summed E-state index contributed by atoms with van der Waals surface area (Å²) in [5.41, 5.74) is 0. The summed E-state index contributed by atoms with van der Waals surface area (Å²) in [4.78, 5) is 0. The summed E-state index contributed by atoms with van der Waals surface area (Å²) in [5, 5.41) is 8.24. The molecule has 0 saturated heterocycles. The Labute approximate surface area is 59.4 Å². The molecule has 0 unspecified atom stereocenters. The molecule has 1 nitrogen and oxygen atoms in total. The Morgan fingerprint density at radius 1 is 1.50 bits per heavy atom. The van der Waals surface area contributed by atoms with Crippen LogP contribution in [0.25, 0.3) is 0 Å². The van der Waals surface area contributed by atoms with Crippen molar-refractivity contribution in [3.8, 4) is 0 Å². The summed E-state index contributed by atoms with van der Waals surface area (Å²) < 4.78 is 24.9. The molecule has 0 aliphatic heterocycles. The lowest BCUT2D eigenvalue weighted by Gasteiger charge is -2.12. The van der Waals surface area contributed by atoms with Crippen molar-refractivity contribution >= 4 is 0 Å². The number of hydrogen-bond acceptors (Lipinski definition) is 1. The topological polar surface area (TPSA) is 20.2 Å². The van der Waals surface area contributed by atoms with E-state index in [-0.39, 0.29) is 25.9 Å². The molecule has 0 rings (SSSR count). The van der Waals surface area contributed by atoms with Crippen molar-refractivity contribution in [2.45, 2.75) is 25.2 Å². The molecule has 0 fully saturated rings. The average Bonchev–Trinajstić information content (AvgIpc) is 1.84. The van der Waals surface area contributed by atoms with Crippen molar-refractivity contribution in [1.29, 1.82) is 0 Å². The van der Waals surface area contributed by atoms with E-state index >= 15 is 0 Å². The van der Waals surface area contributed by atoms with Crippen LogP contribution in [0.2, 0.25) is 0 Å². The molecule has 0 aromatic rings. The third-order valence-corrected chi connectivity index (χ3v) is 1.14. The second-order valence-corrected chi connectivity index (χ2v) is 2.18. The minimum Gasteiger partial charge on any atom is -0.396 e. The Morgan fingerprint density at radius 3 is 2.50 bits per heavy atom. The standard InChI is InChI=1S/C7H12F2O/c1-2-4-7(8,9)5-3-6-10/h2,10H,1,3-6H2. The van der Waals surface area contributed by atoms with E-state index in [1.54, 1.807) is 0 Å². The van der Waals surface area contributed by atoms with Gasteiger partial charge in [0.2, 0.25) is 0 Å². The van der Waals surface area contributed by atoms with Gasteiger partial charge in [0.05, 0.1) is 0 Å². The van der Waals surface area contributed by atoms with E-state index in [1.165, 1.54) is 6.08 Å². The Hall–Kier alpha value is -0.440. The van der Waals surface area contributed by atoms with Crippen LogP contribution < -0.4 is 0 Å². The zero-order valence-electron chi connectivity index (χ0n) is 5.82. The normalized spacial score (nSPS) is 11.5. The van der Waals surface area contributed by atoms with E-state index in [1.807, 2.05) is 0 Å². The summed E-state index contributed by atoms with van der Waals surface area (Å²) in [5.74, 6) is -2.68. The van der Waals surface area contributed by atoms with Gasteiger partial charge in [-0.25, -0.2) is 8.78 Å². The molecule has 0 radical (unpaired) electrons. The van der Waals surface area contributed by atoms with Crippen LogP contribution in [-0.2, 0) is 0 Å². The maximum atomic E-state index is 12.4. The van der Waals surface area contributed by atoms with E-state index in [0.29, 0.717) is 0 Å². The zero-order valence-corrected chi connectivity index (χ0v) is 5.82. The molecule has 0 aliphatic rings. The second kappa shape index (κ2) is 4.39. The highest BCUT2D eigenvalue weighted by molar-refractivity contribution is 4.78. The highest BCUT2D eigenvalue weighted by Crippen LogP contribution is 2.24. The van der Waals surface area contributed by atoms with Gasteiger partial charge >= 0.3 is 0 Å². The predicted octanol–water partition coefficient (Wildman–Crippen LogP) is 1.97. The molecule has 10 heavy (non-hydrogen) atoms. The molecule has 0 bridgehead atoms. The van der Waals surface area contributed by atoms with Crippen molar-refractivity contribution in [1.82, 2.24) is 0 Å². The average molecular weight is 150 g/mol. The minimum absolute atomic E-state index is 0.154. The largest absolute Gasteiger partial charge is 0.396 e. The van der Waals surface area contributed by atoms with Gasteiger partial charge in [-0.2, -0.15) is 0 Å². The van der Waals surface area contributed by atoms with Gasteiger partial charge < -0.3 is 5.11 Å². The van der Waals surface area contributed by atoms with Crippen LogP contribution in [0.15, 0.2) is 12.7 Å². The van der Waals surface area contributed by atoms with Crippen molar-refractivity contribution in [2.75, 3.05) is 6.61 Å². The summed E-state index contributed by atoms with van der Waals surface area (Å²) in [6.45, 7) is 3.04. The van der Waals surface area contributed by atoms with Gasteiger partial charge in [0.25, 0.3) is 5.92 Å². The van der Waals surface area contributed by atoms with E-state index in [0.717, 1.165) is 0 Å². The van der Waals surface area contributed by atoms with Gasteiger partial charge in [-0.1, -0.05) is 6.08 Å². The van der Waals surface area contributed by atoms with Gasteiger partial charge in [-0.15, -0.1) is 6.58 Å². The number of alkyl halides is 2. The van der Waals surface area contributed by atoms with Crippen LogP contribution in [0, 0.1) is 0 Å². The van der Waals surface area contributed by atoms with E-state index in [4.69, 9.17) is 5.11 Å². The molecule has 0 aliphatic carbocycles. The molecular formula is C7H12F2O. The fourth-order valence-electron chi connectivity index (χ4n) is 0.651. The molecule has 0 heterocycles. The molecule has 0 saturated carbocycles. The molecule has 3 heteroatoms. The van der Waals surface area contributed by atoms with E-state index in [2.05, 4.69) is 6.58 Å². The molecule has 60 valence electrons. The highest BCUT2D eigenvalue weighted by Gasteiger charge is 2.25. The predicted molar refractivity (Wildman–Crippen MR) is 36.1 cm³/mol. The van der Waals surface area contributed by atoms with Crippen LogP contribution in [0.1, 0.15) is 19.3 Å². The first-order chi connectivity index (χ1) is 4.62. The van der Waals surface area contributed by atoms with Crippen LogP contribution in [-0.4, -0.2) is 17.6 Å². The molecule has 0 atom stereocenters. The van der Waals surface area contributed by atoms with E-state index < -0.39 is 5.92 Å². The molecule has 0 aromatic carbocycles. The number of hydrogen-bond donors (Lipinski definition) is 1. The molecule has 0 aromatic heterocycles. The SMILES string of the molecule is C=CCC(F)(F)CCCO. The third kappa shape index (κ3) is 4.44. The van der Waals surface area contributed by atoms with Crippen LogP contribution in [0.3, 0.4) is 0 Å². The van der Waals surface area contributed by atoms with Crippen LogP contribution in [0.5, 0.6) is 0 Å². The van der Waals surface area contributed by atoms with Gasteiger partial charge in [0, 0.05) is 19.4 Å². The molecule has 0 spiro atoms. The minimum atomic E-state index is -2.68. The summed E-state index contributed by atoms with van der Waals surface area (Å²) in [7, 11) is 0. The first kappa shape index (κ1) is 9.56. The maximum absolute atomic E-state index is 12.4. The lowest BCUT2D eigenvalue weighted by atomic mass is 10.1. The second-order valence-electron chi connectivity index (χ2n) is 2.18. The Morgan fingerprint density at radius 2 is 2.10 bits per heavy atom. The summed E-state index contributed by atoms with van der Waals surface area (Å²) in [6.07, 6.45) is 0.792. The fourth-order valence-corrected chi connectivity index (χ4v) is 0.651. The van der Waals surface area contributed by atoms with Gasteiger partial charge in [-0.05, 0) is 6.42 Å². The van der Waals surface area contributed by atoms with Gasteiger partial charge in [0.15, 0.2) is 0 Å². The first-order valence-electron chi connectivity index (χ1n) is 3.22. The van der Waals surface area contributed by atoms with Crippen LogP contribution in [0.4, 0.5) is 8.78 Å². The summed E-state index contributed by atoms with van der Waals surface area (Å²) in [6, 6.07) is 0. The lowest BCUT2D eigenvalue weighted by Crippen LogP contribution is -2.14. The van der Waals surface area contributed by atoms with Crippen molar-refractivity contribution in [3.63, 3.8) is 0 Å². The maximum Gasteiger partial charge on any atom is 0.251 e. The quantitative estimate of drug-likeness (QED) is 0.594. The van der Waals surface area contributed by atoms with Crippen molar-refractivity contribution in [3.05, 3.63) is 12.7 Å². The number of aliphatic hydroxyl groups excluding tert-OH is 1. The number of halogens is 2. The van der Waals surface area contributed by atoms with Crippen molar-refractivity contribution < 1.29 is 13.9 Å². The number of allylic oxidation sites excluding steroid dienone is 1. The molecule has 0 amide bonds. The first-order valence-corrected chi connectivity index (χ1v) is 3.22.